The van der Waals surface area contributed by atoms with Gasteiger partial charge < -0.3 is 20.1 Å². The van der Waals surface area contributed by atoms with Crippen molar-refractivity contribution >= 4 is 19.8 Å². The molecular formula is C79H132NO8P. The minimum atomic E-state index is -4.41. The number of phosphoric acid groups is 1. The second kappa shape index (κ2) is 72.7. The summed E-state index contributed by atoms with van der Waals surface area (Å²) in [5.74, 6) is -0.841. The number of rotatable bonds is 66. The molecule has 0 saturated heterocycles. The third-order valence-electron chi connectivity index (χ3n) is 14.9. The van der Waals surface area contributed by atoms with Crippen molar-refractivity contribution in [2.75, 3.05) is 26.4 Å². The maximum Gasteiger partial charge on any atom is 0.472 e. The van der Waals surface area contributed by atoms with Crippen LogP contribution in [-0.2, 0) is 32.7 Å². The SMILES string of the molecule is CC/C=C\C/C=C\C/C=C\C/C=C\C/C=C\C/C=C\C/C=C\C/C=C\C/C=C\C/C=C\CCCCCCCCCCC(=O)OC(COC(=O)CCCCCCCCCCCCCCCC/C=C\C/C=C\C/C=C\CCCCCCC)COP(=O)(O)OCCN. The van der Waals surface area contributed by atoms with E-state index in [4.69, 9.17) is 24.3 Å². The number of carbonyl (C=O) groups is 2. The molecular weight excluding hydrogens is 1120 g/mol. The van der Waals surface area contributed by atoms with Crippen LogP contribution >= 0.6 is 7.82 Å². The lowest BCUT2D eigenvalue weighted by molar-refractivity contribution is -0.161. The van der Waals surface area contributed by atoms with Crippen molar-refractivity contribution in [1.82, 2.24) is 0 Å². The van der Waals surface area contributed by atoms with Crippen LogP contribution in [0.5, 0.6) is 0 Å². The van der Waals surface area contributed by atoms with Gasteiger partial charge in [0.05, 0.1) is 13.2 Å². The van der Waals surface area contributed by atoms with E-state index < -0.39 is 26.5 Å². The topological polar surface area (TPSA) is 134 Å². The van der Waals surface area contributed by atoms with E-state index in [1.54, 1.807) is 0 Å². The van der Waals surface area contributed by atoms with E-state index in [0.717, 1.165) is 122 Å². The first-order valence-corrected chi connectivity index (χ1v) is 37.5. The Morgan fingerprint density at radius 1 is 0.348 bits per heavy atom. The molecule has 0 radical (unpaired) electrons. The van der Waals surface area contributed by atoms with Crippen molar-refractivity contribution in [2.45, 2.75) is 302 Å². The number of nitrogens with two attached hydrogens (primary N) is 1. The van der Waals surface area contributed by atoms with Crippen LogP contribution in [0, 0.1) is 0 Å². The lowest BCUT2D eigenvalue weighted by Crippen LogP contribution is -2.29. The van der Waals surface area contributed by atoms with Crippen LogP contribution in [0.25, 0.3) is 0 Å². The zero-order valence-corrected chi connectivity index (χ0v) is 57.8. The Bertz CT molecular complexity index is 2020. The molecule has 0 rings (SSSR count). The Kier molecular flexibility index (Phi) is 69.1. The molecule has 2 unspecified atom stereocenters. The second-order valence-electron chi connectivity index (χ2n) is 23.4. The first-order valence-electron chi connectivity index (χ1n) is 36.0. The molecule has 9 nitrogen and oxygen atoms in total. The van der Waals surface area contributed by atoms with Gasteiger partial charge in [-0.15, -0.1) is 0 Å². The molecule has 0 spiro atoms. The van der Waals surface area contributed by atoms with Gasteiger partial charge in [-0.05, 0) is 128 Å². The number of hydrogen-bond donors (Lipinski definition) is 2. The Morgan fingerprint density at radius 2 is 0.618 bits per heavy atom. The minimum Gasteiger partial charge on any atom is -0.462 e. The van der Waals surface area contributed by atoms with Crippen LogP contribution in [0.15, 0.2) is 158 Å². The molecule has 0 heterocycles. The van der Waals surface area contributed by atoms with E-state index in [1.807, 2.05) is 0 Å². The number of esters is 2. The van der Waals surface area contributed by atoms with Crippen LogP contribution in [0.3, 0.4) is 0 Å². The Balaban J connectivity index is 3.96. The molecule has 506 valence electrons. The van der Waals surface area contributed by atoms with E-state index >= 15 is 0 Å². The fourth-order valence-corrected chi connectivity index (χ4v) is 10.4. The van der Waals surface area contributed by atoms with Gasteiger partial charge in [0.25, 0.3) is 0 Å². The van der Waals surface area contributed by atoms with Crippen LogP contribution in [0.4, 0.5) is 0 Å². The molecule has 0 aromatic carbocycles. The zero-order chi connectivity index (χ0) is 64.4. The third-order valence-corrected chi connectivity index (χ3v) is 15.9. The number of phosphoric ester groups is 1. The van der Waals surface area contributed by atoms with Gasteiger partial charge >= 0.3 is 19.8 Å². The molecule has 0 aliphatic carbocycles. The standard InChI is InChI=1S/C79H132NO8P/c1-3-5-7-9-11-13-15-17-19-21-23-25-27-29-31-33-34-35-36-37-38-39-40-41-42-44-46-48-50-52-54-56-58-60-62-64-66-68-70-72-79(82)88-77(76-87-89(83,84)86-74-73-80)75-85-78(81)71-69-67-65-63-61-59-57-55-53-51-49-47-45-43-32-30-28-26-24-22-20-18-16-14-12-10-8-6-4-2/h5,7,11,13,16-19,22-25,28-31,34-35,37-38,40-41,44,46,50,52,77H,3-4,6,8-10,12,14-15,20-21,26-27,32-33,36,39,42-43,45,47-49,51,53-76,80H2,1-2H3,(H,83,84)/b7-5-,13-11-,18-16-,19-17-,24-22-,25-23-,30-28-,31-29-,35-34-,38-37-,41-40-,46-44-,52-50-. The monoisotopic (exact) mass is 1250 g/mol. The molecule has 0 fully saturated rings. The highest BCUT2D eigenvalue weighted by Gasteiger charge is 2.26. The van der Waals surface area contributed by atoms with Gasteiger partial charge in [-0.2, -0.15) is 0 Å². The van der Waals surface area contributed by atoms with Crippen LogP contribution < -0.4 is 5.73 Å². The molecule has 0 aliphatic heterocycles. The number of hydrogen-bond acceptors (Lipinski definition) is 8. The zero-order valence-electron chi connectivity index (χ0n) is 56.9. The van der Waals surface area contributed by atoms with Crippen LogP contribution in [0.2, 0.25) is 0 Å². The highest BCUT2D eigenvalue weighted by molar-refractivity contribution is 7.47. The van der Waals surface area contributed by atoms with Gasteiger partial charge in [-0.25, -0.2) is 4.57 Å². The number of unbranched alkanes of at least 4 members (excludes halogenated alkanes) is 27. The lowest BCUT2D eigenvalue weighted by Gasteiger charge is -2.19. The minimum absolute atomic E-state index is 0.0450. The highest BCUT2D eigenvalue weighted by atomic mass is 31.2. The predicted octanol–water partition coefficient (Wildman–Crippen LogP) is 24.0. The van der Waals surface area contributed by atoms with Crippen molar-refractivity contribution in [2.24, 2.45) is 5.73 Å². The summed E-state index contributed by atoms with van der Waals surface area (Å²) in [5, 5.41) is 0. The Hall–Kier alpha value is -4.37. The van der Waals surface area contributed by atoms with Gasteiger partial charge in [-0.1, -0.05) is 313 Å². The second-order valence-corrected chi connectivity index (χ2v) is 24.8. The van der Waals surface area contributed by atoms with Crippen molar-refractivity contribution < 1.29 is 37.6 Å². The maximum absolute atomic E-state index is 12.8. The number of ether oxygens (including phenoxy) is 2. The highest BCUT2D eigenvalue weighted by Crippen LogP contribution is 2.43. The first kappa shape index (κ1) is 84.6. The molecule has 0 aromatic rings. The van der Waals surface area contributed by atoms with E-state index in [-0.39, 0.29) is 38.6 Å². The molecule has 89 heavy (non-hydrogen) atoms. The smallest absolute Gasteiger partial charge is 0.462 e. The summed E-state index contributed by atoms with van der Waals surface area (Å²) in [7, 11) is -4.41. The van der Waals surface area contributed by atoms with Gasteiger partial charge in [0, 0.05) is 19.4 Å². The van der Waals surface area contributed by atoms with Gasteiger partial charge in [0.2, 0.25) is 0 Å². The average Bonchev–Trinajstić information content (AvgIpc) is 3.68. The molecule has 3 N–H and O–H groups in total. The van der Waals surface area contributed by atoms with Crippen molar-refractivity contribution in [3.05, 3.63) is 158 Å². The van der Waals surface area contributed by atoms with Crippen molar-refractivity contribution in [3.8, 4) is 0 Å². The van der Waals surface area contributed by atoms with E-state index in [0.29, 0.717) is 6.42 Å². The van der Waals surface area contributed by atoms with Crippen molar-refractivity contribution in [3.63, 3.8) is 0 Å². The quantitative estimate of drug-likeness (QED) is 0.0264. The third kappa shape index (κ3) is 72.6. The van der Waals surface area contributed by atoms with Gasteiger partial charge in [-0.3, -0.25) is 18.6 Å². The molecule has 0 saturated carbocycles. The fraction of sp³-hybridized carbons (Fsp3) is 0.646. The summed E-state index contributed by atoms with van der Waals surface area (Å²) in [5.41, 5.74) is 5.40. The molecule has 0 bridgehead atoms. The predicted molar refractivity (Wildman–Crippen MR) is 385 cm³/mol. The Labute approximate surface area is 547 Å². The molecule has 10 heteroatoms. The molecule has 0 aromatic heterocycles. The Morgan fingerprint density at radius 3 is 0.921 bits per heavy atom. The average molecular weight is 1250 g/mol. The molecule has 2 atom stereocenters. The first-order chi connectivity index (χ1) is 43.8. The summed E-state index contributed by atoms with van der Waals surface area (Å²) in [6.45, 7) is 3.62. The number of carbonyl (C=O) groups excluding carboxylic acids is 2. The van der Waals surface area contributed by atoms with Gasteiger partial charge in [0.15, 0.2) is 6.10 Å². The normalized spacial score (nSPS) is 13.9. The van der Waals surface area contributed by atoms with Crippen LogP contribution in [-0.4, -0.2) is 49.3 Å². The summed E-state index contributed by atoms with van der Waals surface area (Å²) in [6, 6.07) is 0. The van der Waals surface area contributed by atoms with Gasteiger partial charge in [0.1, 0.15) is 6.61 Å². The van der Waals surface area contributed by atoms with E-state index in [9.17, 15) is 19.0 Å². The van der Waals surface area contributed by atoms with Crippen molar-refractivity contribution in [1.29, 1.82) is 0 Å². The largest absolute Gasteiger partial charge is 0.472 e. The van der Waals surface area contributed by atoms with Crippen LogP contribution in [0.1, 0.15) is 296 Å². The summed E-state index contributed by atoms with van der Waals surface area (Å²) < 4.78 is 33.2. The summed E-state index contributed by atoms with van der Waals surface area (Å²) >= 11 is 0. The lowest BCUT2D eigenvalue weighted by atomic mass is 10.0. The maximum atomic E-state index is 12.8. The van der Waals surface area contributed by atoms with E-state index in [2.05, 4.69) is 172 Å². The van der Waals surface area contributed by atoms with E-state index in [1.165, 1.54) is 141 Å². The molecule has 0 amide bonds. The number of allylic oxidation sites excluding steroid dienone is 26. The molecule has 0 aliphatic rings. The summed E-state index contributed by atoms with van der Waals surface area (Å²) in [6.07, 6.45) is 106. The summed E-state index contributed by atoms with van der Waals surface area (Å²) in [4.78, 5) is 35.4. The fourth-order valence-electron chi connectivity index (χ4n) is 9.61.